The van der Waals surface area contributed by atoms with E-state index in [4.69, 9.17) is 4.52 Å². The van der Waals surface area contributed by atoms with Crippen LogP contribution >= 0.6 is 0 Å². The third-order valence-electron chi connectivity index (χ3n) is 4.39. The first-order valence-corrected chi connectivity index (χ1v) is 6.88. The highest BCUT2D eigenvalue weighted by molar-refractivity contribution is 5.02. The molecule has 4 aliphatic rings. The lowest BCUT2D eigenvalue weighted by molar-refractivity contribution is 0.00781. The van der Waals surface area contributed by atoms with Crippen LogP contribution in [0.3, 0.4) is 0 Å². The predicted molar refractivity (Wildman–Crippen MR) is 65.1 cm³/mol. The van der Waals surface area contributed by atoms with Crippen molar-refractivity contribution in [1.82, 2.24) is 25.3 Å². The number of nitrogens with zero attached hydrogens (tertiary/aromatic N) is 4. The van der Waals surface area contributed by atoms with E-state index in [-0.39, 0.29) is 0 Å². The first kappa shape index (κ1) is 10.9. The van der Waals surface area contributed by atoms with Crippen molar-refractivity contribution in [3.63, 3.8) is 0 Å². The Balaban J connectivity index is 1.47. The number of rotatable bonds is 3. The summed E-state index contributed by atoms with van der Waals surface area (Å²) in [6, 6.07) is 0.351. The molecule has 1 N–H and O–H groups in total. The van der Waals surface area contributed by atoms with E-state index in [0.717, 1.165) is 50.9 Å². The van der Waals surface area contributed by atoms with Crippen LogP contribution in [0.5, 0.6) is 0 Å². The van der Waals surface area contributed by atoms with Crippen molar-refractivity contribution in [1.29, 1.82) is 0 Å². The normalized spacial score (nSPS) is 35.7. The molecular weight excluding hydrogens is 230 g/mol. The maximum Gasteiger partial charge on any atom is 0.227 e. The average Bonchev–Trinajstić information content (AvgIpc) is 2.84. The van der Waals surface area contributed by atoms with E-state index in [2.05, 4.69) is 25.3 Å². The summed E-state index contributed by atoms with van der Waals surface area (Å²) < 4.78 is 5.40. The first-order chi connectivity index (χ1) is 8.88. The molecule has 1 aromatic heterocycles. The summed E-state index contributed by atoms with van der Waals surface area (Å²) in [6.45, 7) is 7.89. The molecular formula is C12H19N5O. The Bertz CT molecular complexity index is 422. The van der Waals surface area contributed by atoms with Gasteiger partial charge in [0, 0.05) is 39.1 Å². The smallest absolute Gasteiger partial charge is 0.227 e. The highest BCUT2D eigenvalue weighted by Crippen LogP contribution is 2.27. The Kier molecular flexibility index (Phi) is 2.60. The summed E-state index contributed by atoms with van der Waals surface area (Å²) in [7, 11) is 0. The average molecular weight is 249 g/mol. The van der Waals surface area contributed by atoms with E-state index in [0.29, 0.717) is 12.0 Å². The van der Waals surface area contributed by atoms with Crippen molar-refractivity contribution < 1.29 is 4.52 Å². The zero-order valence-corrected chi connectivity index (χ0v) is 10.5. The van der Waals surface area contributed by atoms with Crippen molar-refractivity contribution in [3.05, 3.63) is 11.7 Å². The third kappa shape index (κ3) is 1.84. The lowest BCUT2D eigenvalue weighted by Gasteiger charge is -2.46. The molecule has 0 radical (unpaired) electrons. The van der Waals surface area contributed by atoms with Gasteiger partial charge in [-0.1, -0.05) is 5.16 Å². The topological polar surface area (TPSA) is 57.4 Å². The third-order valence-corrected chi connectivity index (χ3v) is 4.39. The molecule has 4 saturated heterocycles. The fourth-order valence-corrected chi connectivity index (χ4v) is 3.09. The summed E-state index contributed by atoms with van der Waals surface area (Å²) in [6.07, 6.45) is 0.927. The van der Waals surface area contributed by atoms with E-state index >= 15 is 0 Å². The molecule has 5 heterocycles. The molecule has 4 fully saturated rings. The Morgan fingerprint density at radius 3 is 2.67 bits per heavy atom. The highest BCUT2D eigenvalue weighted by atomic mass is 16.5. The number of hydrogen-bond acceptors (Lipinski definition) is 6. The SMILES string of the molecule is C1NCC1Cc1nc(C2CN3CCN2CC3)no1. The first-order valence-electron chi connectivity index (χ1n) is 6.88. The van der Waals surface area contributed by atoms with Crippen molar-refractivity contribution >= 4 is 0 Å². The van der Waals surface area contributed by atoms with Crippen LogP contribution < -0.4 is 5.32 Å². The van der Waals surface area contributed by atoms with E-state index in [9.17, 15) is 0 Å². The zero-order chi connectivity index (χ0) is 11.9. The molecule has 1 aromatic rings. The molecule has 0 saturated carbocycles. The van der Waals surface area contributed by atoms with Gasteiger partial charge < -0.3 is 9.84 Å². The molecule has 18 heavy (non-hydrogen) atoms. The van der Waals surface area contributed by atoms with Gasteiger partial charge in [0.25, 0.3) is 0 Å². The molecule has 6 nitrogen and oxygen atoms in total. The molecule has 4 aliphatic heterocycles. The van der Waals surface area contributed by atoms with Gasteiger partial charge in [-0.2, -0.15) is 4.98 Å². The van der Waals surface area contributed by atoms with Crippen molar-refractivity contribution in [2.45, 2.75) is 12.5 Å². The fraction of sp³-hybridized carbons (Fsp3) is 0.833. The molecule has 0 aromatic carbocycles. The summed E-state index contributed by atoms with van der Waals surface area (Å²) in [5, 5.41) is 7.46. The maximum atomic E-state index is 5.40. The van der Waals surface area contributed by atoms with E-state index in [1.807, 2.05) is 0 Å². The number of nitrogens with one attached hydrogen (secondary N) is 1. The molecule has 6 heteroatoms. The van der Waals surface area contributed by atoms with Crippen LogP contribution in [-0.2, 0) is 6.42 Å². The molecule has 0 amide bonds. The second-order valence-corrected chi connectivity index (χ2v) is 5.63. The fourth-order valence-electron chi connectivity index (χ4n) is 3.09. The number of piperazine rings is 3. The quantitative estimate of drug-likeness (QED) is 0.779. The van der Waals surface area contributed by atoms with Crippen LogP contribution in [0.1, 0.15) is 17.8 Å². The molecule has 1 unspecified atom stereocenters. The second-order valence-electron chi connectivity index (χ2n) is 5.63. The van der Waals surface area contributed by atoms with E-state index in [1.54, 1.807) is 0 Å². The molecule has 2 bridgehead atoms. The standard InChI is InChI=1S/C12H19N5O/c1-3-17-4-2-16(1)8-10(17)12-14-11(18-15-12)5-9-6-13-7-9/h9-10,13H,1-8H2. The maximum absolute atomic E-state index is 5.40. The van der Waals surface area contributed by atoms with Crippen LogP contribution in [0.25, 0.3) is 0 Å². The zero-order valence-electron chi connectivity index (χ0n) is 10.5. The number of aromatic nitrogens is 2. The van der Waals surface area contributed by atoms with Crippen LogP contribution in [0, 0.1) is 5.92 Å². The summed E-state index contributed by atoms with van der Waals surface area (Å²) in [5.74, 6) is 2.39. The van der Waals surface area contributed by atoms with Crippen LogP contribution in [0.4, 0.5) is 0 Å². The van der Waals surface area contributed by atoms with Gasteiger partial charge in [-0.25, -0.2) is 0 Å². The van der Waals surface area contributed by atoms with Crippen molar-refractivity contribution in [2.24, 2.45) is 5.92 Å². The van der Waals surface area contributed by atoms with Gasteiger partial charge in [0.05, 0.1) is 6.04 Å². The minimum absolute atomic E-state index is 0.351. The van der Waals surface area contributed by atoms with Crippen molar-refractivity contribution in [2.75, 3.05) is 45.8 Å². The molecule has 1 atom stereocenters. The minimum atomic E-state index is 0.351. The lowest BCUT2D eigenvalue weighted by atomic mass is 10.00. The van der Waals surface area contributed by atoms with Gasteiger partial charge in [0.15, 0.2) is 5.82 Å². The Hall–Kier alpha value is -0.980. The van der Waals surface area contributed by atoms with Gasteiger partial charge in [0.1, 0.15) is 0 Å². The second kappa shape index (κ2) is 4.29. The molecule has 0 spiro atoms. The van der Waals surface area contributed by atoms with Crippen LogP contribution in [0.2, 0.25) is 0 Å². The Labute approximate surface area is 106 Å². The van der Waals surface area contributed by atoms with Gasteiger partial charge in [0.2, 0.25) is 5.89 Å². The number of fused-ring (bicyclic) bond motifs is 3. The van der Waals surface area contributed by atoms with E-state index < -0.39 is 0 Å². The number of hydrogen-bond donors (Lipinski definition) is 1. The molecule has 5 rings (SSSR count). The summed E-state index contributed by atoms with van der Waals surface area (Å²) in [4.78, 5) is 9.58. The van der Waals surface area contributed by atoms with Crippen molar-refractivity contribution in [3.8, 4) is 0 Å². The summed E-state index contributed by atoms with van der Waals surface area (Å²) >= 11 is 0. The van der Waals surface area contributed by atoms with Crippen LogP contribution in [0.15, 0.2) is 4.52 Å². The summed E-state index contributed by atoms with van der Waals surface area (Å²) in [5.41, 5.74) is 0. The van der Waals surface area contributed by atoms with Gasteiger partial charge in [-0.05, 0) is 19.0 Å². The molecule has 98 valence electrons. The van der Waals surface area contributed by atoms with Gasteiger partial charge in [-0.15, -0.1) is 0 Å². The van der Waals surface area contributed by atoms with Gasteiger partial charge >= 0.3 is 0 Å². The highest BCUT2D eigenvalue weighted by Gasteiger charge is 2.35. The Morgan fingerprint density at radius 1 is 1.22 bits per heavy atom. The minimum Gasteiger partial charge on any atom is -0.339 e. The van der Waals surface area contributed by atoms with Crippen LogP contribution in [-0.4, -0.2) is 65.8 Å². The lowest BCUT2D eigenvalue weighted by Crippen LogP contribution is -2.57. The van der Waals surface area contributed by atoms with E-state index in [1.165, 1.54) is 13.1 Å². The van der Waals surface area contributed by atoms with Gasteiger partial charge in [-0.3, -0.25) is 9.80 Å². The monoisotopic (exact) mass is 249 g/mol. The predicted octanol–water partition coefficient (Wildman–Crippen LogP) is -0.496. The largest absolute Gasteiger partial charge is 0.339 e. The molecule has 0 aliphatic carbocycles. The Morgan fingerprint density at radius 2 is 2.06 bits per heavy atom.